The van der Waals surface area contributed by atoms with E-state index in [-0.39, 0.29) is 25.2 Å². The Hall–Kier alpha value is -1.90. The third kappa shape index (κ3) is 6.11. The molecular formula is C24H38N2O6. The molecule has 0 aromatic carbocycles. The van der Waals surface area contributed by atoms with E-state index in [1.807, 2.05) is 6.92 Å². The van der Waals surface area contributed by atoms with Crippen molar-refractivity contribution in [1.82, 2.24) is 9.80 Å². The number of aliphatic hydroxyl groups excluding tert-OH is 1. The largest absolute Gasteiger partial charge is 0.457 e. The number of carbonyl (C=O) groups is 2. The van der Waals surface area contributed by atoms with E-state index in [0.717, 1.165) is 25.9 Å². The topological polar surface area (TPSA) is 99.5 Å². The van der Waals surface area contributed by atoms with Gasteiger partial charge in [0.15, 0.2) is 6.10 Å². The van der Waals surface area contributed by atoms with Crippen molar-refractivity contribution < 1.29 is 29.3 Å². The number of aliphatic hydroxyl groups is 2. The lowest BCUT2D eigenvalue weighted by Crippen LogP contribution is -2.53. The highest BCUT2D eigenvalue weighted by atomic mass is 16.6. The van der Waals surface area contributed by atoms with Gasteiger partial charge in [0.05, 0.1) is 12.5 Å². The number of amides is 1. The summed E-state index contributed by atoms with van der Waals surface area (Å²) in [6.45, 7) is 12.3. The number of rotatable bonds is 2. The average molecular weight is 451 g/mol. The molecule has 0 aliphatic carbocycles. The quantitative estimate of drug-likeness (QED) is 0.492. The zero-order valence-corrected chi connectivity index (χ0v) is 19.5. The van der Waals surface area contributed by atoms with Crippen molar-refractivity contribution in [2.24, 2.45) is 5.92 Å². The van der Waals surface area contributed by atoms with Crippen LogP contribution in [0.1, 0.15) is 52.9 Å². The van der Waals surface area contributed by atoms with Gasteiger partial charge in [0, 0.05) is 31.6 Å². The maximum absolute atomic E-state index is 13.0. The van der Waals surface area contributed by atoms with Crippen LogP contribution < -0.4 is 0 Å². The van der Waals surface area contributed by atoms with Crippen LogP contribution in [-0.2, 0) is 14.3 Å². The fraction of sp³-hybridized carbons (Fsp3) is 0.750. The lowest BCUT2D eigenvalue weighted by molar-refractivity contribution is -0.151. The molecule has 3 rings (SSSR count). The molecule has 0 bridgehead atoms. The second-order valence-corrected chi connectivity index (χ2v) is 9.84. The van der Waals surface area contributed by atoms with Gasteiger partial charge >= 0.3 is 12.1 Å². The van der Waals surface area contributed by atoms with Gasteiger partial charge in [0.1, 0.15) is 11.7 Å². The number of ether oxygens (including phenoxy) is 2. The van der Waals surface area contributed by atoms with Crippen molar-refractivity contribution in [3.8, 4) is 0 Å². The Morgan fingerprint density at radius 2 is 2.03 bits per heavy atom. The van der Waals surface area contributed by atoms with Crippen molar-refractivity contribution in [3.05, 3.63) is 24.3 Å². The molecule has 32 heavy (non-hydrogen) atoms. The minimum atomic E-state index is -1.40. The number of hydrogen-bond donors (Lipinski definition) is 2. The van der Waals surface area contributed by atoms with Crippen molar-refractivity contribution in [2.45, 2.75) is 82.8 Å². The first kappa shape index (κ1) is 24.7. The molecule has 180 valence electrons. The Morgan fingerprint density at radius 1 is 1.28 bits per heavy atom. The summed E-state index contributed by atoms with van der Waals surface area (Å²) in [6, 6.07) is 0.379. The summed E-state index contributed by atoms with van der Waals surface area (Å²) in [4.78, 5) is 29.3. The van der Waals surface area contributed by atoms with E-state index in [1.165, 1.54) is 0 Å². The van der Waals surface area contributed by atoms with Crippen LogP contribution >= 0.6 is 0 Å². The number of piperazine rings is 1. The molecule has 2 saturated heterocycles. The monoisotopic (exact) mass is 450 g/mol. The number of esters is 1. The van der Waals surface area contributed by atoms with E-state index in [1.54, 1.807) is 30.9 Å². The number of nitrogens with zero attached hydrogens (tertiary/aromatic N) is 2. The Balaban J connectivity index is 1.77. The summed E-state index contributed by atoms with van der Waals surface area (Å²) < 4.78 is 11.4. The van der Waals surface area contributed by atoms with Gasteiger partial charge in [0.2, 0.25) is 0 Å². The summed E-state index contributed by atoms with van der Waals surface area (Å²) in [7, 11) is 0. The van der Waals surface area contributed by atoms with Crippen LogP contribution in [0.25, 0.3) is 0 Å². The molecule has 0 radical (unpaired) electrons. The Morgan fingerprint density at radius 3 is 2.75 bits per heavy atom. The van der Waals surface area contributed by atoms with Gasteiger partial charge in [-0.1, -0.05) is 19.6 Å². The fourth-order valence-electron chi connectivity index (χ4n) is 4.83. The second-order valence-electron chi connectivity index (χ2n) is 9.84. The predicted octanol–water partition coefficient (Wildman–Crippen LogP) is 2.25. The SMILES string of the molecule is C=C(C)C1OC(=O)CC(O)CCC(C)(O)C(OC(=O)N2CCN3CCCC3C2)/C=C/C1C. The van der Waals surface area contributed by atoms with E-state index in [2.05, 4.69) is 11.5 Å². The number of fused-ring (bicyclic) bond motifs is 1. The molecule has 8 heteroatoms. The summed E-state index contributed by atoms with van der Waals surface area (Å²) >= 11 is 0. The van der Waals surface area contributed by atoms with Gasteiger partial charge in [-0.2, -0.15) is 0 Å². The Bertz CT molecular complexity index is 736. The van der Waals surface area contributed by atoms with Crippen LogP contribution in [0.3, 0.4) is 0 Å². The Kier molecular flexibility index (Phi) is 8.01. The van der Waals surface area contributed by atoms with Crippen molar-refractivity contribution in [3.63, 3.8) is 0 Å². The van der Waals surface area contributed by atoms with Crippen LogP contribution in [-0.4, -0.2) is 88.2 Å². The molecule has 6 unspecified atom stereocenters. The zero-order valence-electron chi connectivity index (χ0n) is 19.5. The van der Waals surface area contributed by atoms with E-state index in [9.17, 15) is 19.8 Å². The first-order valence-corrected chi connectivity index (χ1v) is 11.7. The first-order chi connectivity index (χ1) is 15.1. The summed E-state index contributed by atoms with van der Waals surface area (Å²) in [5.74, 6) is -0.743. The van der Waals surface area contributed by atoms with E-state index < -0.39 is 36.0 Å². The van der Waals surface area contributed by atoms with Crippen LogP contribution in [0.2, 0.25) is 0 Å². The van der Waals surface area contributed by atoms with Gasteiger partial charge in [-0.05, 0) is 57.7 Å². The minimum Gasteiger partial charge on any atom is -0.457 e. The fourth-order valence-corrected chi connectivity index (χ4v) is 4.83. The van der Waals surface area contributed by atoms with E-state index in [0.29, 0.717) is 24.7 Å². The highest BCUT2D eigenvalue weighted by Crippen LogP contribution is 2.28. The molecule has 6 atom stereocenters. The van der Waals surface area contributed by atoms with E-state index in [4.69, 9.17) is 9.47 Å². The van der Waals surface area contributed by atoms with Crippen LogP contribution in [0.15, 0.2) is 24.3 Å². The maximum atomic E-state index is 13.0. The average Bonchev–Trinajstić information content (AvgIpc) is 3.20. The molecule has 3 aliphatic heterocycles. The third-order valence-corrected chi connectivity index (χ3v) is 6.88. The third-order valence-electron chi connectivity index (χ3n) is 6.88. The second kappa shape index (κ2) is 10.4. The van der Waals surface area contributed by atoms with Gasteiger partial charge < -0.3 is 24.6 Å². The zero-order chi connectivity index (χ0) is 23.5. The van der Waals surface area contributed by atoms with E-state index >= 15 is 0 Å². The summed E-state index contributed by atoms with van der Waals surface area (Å²) in [6.07, 6.45) is 3.04. The molecule has 1 amide bonds. The van der Waals surface area contributed by atoms with Gasteiger partial charge in [0.25, 0.3) is 0 Å². The normalized spacial score (nSPS) is 38.1. The first-order valence-electron chi connectivity index (χ1n) is 11.7. The van der Waals surface area contributed by atoms with Gasteiger partial charge in [-0.25, -0.2) is 4.79 Å². The number of carbonyl (C=O) groups excluding carboxylic acids is 2. The molecule has 3 heterocycles. The number of hydrogen-bond acceptors (Lipinski definition) is 7. The Labute approximate surface area is 190 Å². The predicted molar refractivity (Wildman–Crippen MR) is 120 cm³/mol. The lowest BCUT2D eigenvalue weighted by Gasteiger charge is -2.39. The van der Waals surface area contributed by atoms with Crippen molar-refractivity contribution in [2.75, 3.05) is 26.2 Å². The van der Waals surface area contributed by atoms with Crippen molar-refractivity contribution >= 4 is 12.1 Å². The molecule has 0 spiro atoms. The molecule has 2 fully saturated rings. The standard InChI is InChI=1S/C24H38N2O6/c1-16(2)22-17(3)7-8-20(24(4,30)10-9-19(27)14-21(28)32-22)31-23(29)26-13-12-25-11-5-6-18(25)15-26/h7-8,17-20,22,27,30H,1,5-6,9-15H2,2-4H3/b8-7+. The molecule has 0 aromatic rings. The summed E-state index contributed by atoms with van der Waals surface area (Å²) in [5, 5.41) is 21.4. The molecular weight excluding hydrogens is 412 g/mol. The van der Waals surface area contributed by atoms with Gasteiger partial charge in [-0.3, -0.25) is 9.69 Å². The smallest absolute Gasteiger partial charge is 0.410 e. The highest BCUT2D eigenvalue weighted by molar-refractivity contribution is 5.70. The highest BCUT2D eigenvalue weighted by Gasteiger charge is 2.38. The van der Waals surface area contributed by atoms with Crippen LogP contribution in [0.4, 0.5) is 4.79 Å². The molecule has 0 aromatic heterocycles. The van der Waals surface area contributed by atoms with Crippen LogP contribution in [0.5, 0.6) is 0 Å². The summed E-state index contributed by atoms with van der Waals surface area (Å²) in [5.41, 5.74) is -0.721. The maximum Gasteiger partial charge on any atom is 0.410 e. The molecule has 3 aliphatic rings. The molecule has 8 nitrogen and oxygen atoms in total. The molecule has 2 N–H and O–H groups in total. The molecule has 0 saturated carbocycles. The van der Waals surface area contributed by atoms with Gasteiger partial charge in [-0.15, -0.1) is 0 Å². The lowest BCUT2D eigenvalue weighted by atomic mass is 9.89. The van der Waals surface area contributed by atoms with Crippen molar-refractivity contribution in [1.29, 1.82) is 0 Å². The number of cyclic esters (lactones) is 1. The minimum absolute atomic E-state index is 0.160. The van der Waals surface area contributed by atoms with Crippen LogP contribution in [0, 0.1) is 5.92 Å².